The number of fused-ring (bicyclic) bond motifs is 5. The third-order valence-corrected chi connectivity index (χ3v) is 5.85. The number of pyridine rings is 1. The summed E-state index contributed by atoms with van der Waals surface area (Å²) in [5.74, 6) is -1.35. The van der Waals surface area contributed by atoms with Crippen molar-refractivity contribution in [3.63, 3.8) is 0 Å². The van der Waals surface area contributed by atoms with Crippen molar-refractivity contribution in [2.75, 3.05) is 20.1 Å². The molecule has 7 nitrogen and oxygen atoms in total. The number of carbonyl (C=O) groups excluding carboxylic acids is 2. The van der Waals surface area contributed by atoms with Gasteiger partial charge < -0.3 is 15.4 Å². The second-order valence-corrected chi connectivity index (χ2v) is 8.00. The lowest BCUT2D eigenvalue weighted by atomic mass is 9.95. The quantitative estimate of drug-likeness (QED) is 0.461. The highest BCUT2D eigenvalue weighted by molar-refractivity contribution is 6.20. The first kappa shape index (κ1) is 20.1. The molecule has 0 spiro atoms. The van der Waals surface area contributed by atoms with Crippen LogP contribution in [0.25, 0.3) is 21.8 Å². The fourth-order valence-electron chi connectivity index (χ4n) is 4.38. The molecule has 3 heterocycles. The Labute approximate surface area is 182 Å². The van der Waals surface area contributed by atoms with E-state index in [9.17, 15) is 19.1 Å². The summed E-state index contributed by atoms with van der Waals surface area (Å²) in [7, 11) is 1.56. The number of hydrogen-bond donors (Lipinski definition) is 3. The van der Waals surface area contributed by atoms with Crippen LogP contribution in [0.2, 0.25) is 0 Å². The summed E-state index contributed by atoms with van der Waals surface area (Å²) in [6.07, 6.45) is 0.317. The van der Waals surface area contributed by atoms with Gasteiger partial charge in [-0.3, -0.25) is 19.5 Å². The zero-order chi connectivity index (χ0) is 22.4. The Hall–Kier alpha value is -3.78. The van der Waals surface area contributed by atoms with Gasteiger partial charge in [-0.1, -0.05) is 24.3 Å². The Kier molecular flexibility index (Phi) is 4.86. The maximum Gasteiger partial charge on any atom is 0.233 e. The van der Waals surface area contributed by atoms with E-state index in [2.05, 4.69) is 10.3 Å². The lowest BCUT2D eigenvalue weighted by Crippen LogP contribution is -2.41. The lowest BCUT2D eigenvalue weighted by Gasteiger charge is -2.27. The molecule has 2 aromatic carbocycles. The number of nitrogens with one attached hydrogen (secondary N) is 2. The maximum absolute atomic E-state index is 13.9. The summed E-state index contributed by atoms with van der Waals surface area (Å²) in [5, 5.41) is 13.8. The summed E-state index contributed by atoms with van der Waals surface area (Å²) in [4.78, 5) is 35.0. The number of aromatic amines is 1. The smallest absolute Gasteiger partial charge is 0.233 e. The Morgan fingerprint density at radius 1 is 1.25 bits per heavy atom. The first-order valence-corrected chi connectivity index (χ1v) is 10.3. The monoisotopic (exact) mass is 432 g/mol. The van der Waals surface area contributed by atoms with E-state index in [0.29, 0.717) is 35.5 Å². The van der Waals surface area contributed by atoms with E-state index in [1.165, 1.54) is 12.1 Å². The van der Waals surface area contributed by atoms with Crippen LogP contribution in [-0.2, 0) is 17.8 Å². The normalized spacial score (nSPS) is 14.1. The number of amides is 1. The molecule has 5 rings (SSSR count). The molecule has 0 radical (unpaired) electrons. The first-order chi connectivity index (χ1) is 15.4. The Bertz CT molecular complexity index is 1400. The number of para-hydroxylation sites is 1. The first-order valence-electron chi connectivity index (χ1n) is 10.3. The van der Waals surface area contributed by atoms with Crippen LogP contribution < -0.4 is 5.32 Å². The van der Waals surface area contributed by atoms with Crippen molar-refractivity contribution < 1.29 is 19.1 Å². The summed E-state index contributed by atoms with van der Waals surface area (Å²) in [6, 6.07) is 12.0. The number of Topliss-reactive ketones (excluding diaryl/α,β-unsaturated/α-hetero) is 1. The number of carbonyl (C=O) groups is 2. The van der Waals surface area contributed by atoms with Gasteiger partial charge in [-0.05, 0) is 23.8 Å². The van der Waals surface area contributed by atoms with Crippen molar-refractivity contribution in [3.8, 4) is 5.75 Å². The van der Waals surface area contributed by atoms with Crippen LogP contribution in [-0.4, -0.2) is 51.8 Å². The summed E-state index contributed by atoms with van der Waals surface area (Å²) in [6.45, 7) is 0.605. The molecule has 0 bridgehead atoms. The van der Waals surface area contributed by atoms with Gasteiger partial charge >= 0.3 is 0 Å². The molecule has 2 aromatic heterocycles. The van der Waals surface area contributed by atoms with Crippen LogP contribution in [0.4, 0.5) is 4.39 Å². The topological polar surface area (TPSA) is 98.3 Å². The van der Waals surface area contributed by atoms with Crippen LogP contribution in [0.3, 0.4) is 0 Å². The number of aromatic nitrogens is 2. The van der Waals surface area contributed by atoms with Crippen LogP contribution >= 0.6 is 0 Å². The molecule has 0 atom stereocenters. The number of aromatic hydroxyl groups is 1. The number of phenols is 1. The highest BCUT2D eigenvalue weighted by Gasteiger charge is 2.30. The molecular weight excluding hydrogens is 411 g/mol. The van der Waals surface area contributed by atoms with Crippen LogP contribution in [0, 0.1) is 5.82 Å². The van der Waals surface area contributed by atoms with Gasteiger partial charge in [-0.2, -0.15) is 0 Å². The average Bonchev–Trinajstić information content (AvgIpc) is 3.16. The van der Waals surface area contributed by atoms with Crippen LogP contribution in [0.1, 0.15) is 27.3 Å². The second-order valence-electron chi connectivity index (χ2n) is 8.00. The number of halogens is 1. The van der Waals surface area contributed by atoms with Gasteiger partial charge in [0.25, 0.3) is 0 Å². The molecule has 4 aromatic rings. The minimum Gasteiger partial charge on any atom is -0.505 e. The highest BCUT2D eigenvalue weighted by Crippen LogP contribution is 2.35. The van der Waals surface area contributed by atoms with E-state index in [0.717, 1.165) is 21.8 Å². The molecule has 0 saturated carbocycles. The van der Waals surface area contributed by atoms with Gasteiger partial charge in [0, 0.05) is 36.3 Å². The molecule has 162 valence electrons. The molecule has 1 amide bonds. The van der Waals surface area contributed by atoms with E-state index in [4.69, 9.17) is 4.98 Å². The van der Waals surface area contributed by atoms with Crippen molar-refractivity contribution in [3.05, 3.63) is 70.8 Å². The molecule has 0 fully saturated rings. The molecule has 8 heteroatoms. The van der Waals surface area contributed by atoms with Crippen molar-refractivity contribution in [2.45, 2.75) is 13.0 Å². The number of phenolic OH excluding ortho intramolecular Hbond substituents is 1. The minimum absolute atomic E-state index is 0.0837. The van der Waals surface area contributed by atoms with E-state index in [-0.39, 0.29) is 24.8 Å². The SMILES string of the molecule is CNC(=O)CN1CC(=O)c2c(nc(Cc3ccc(O)c(F)c3)c3[nH]c4ccccc4c23)C1. The molecule has 0 saturated heterocycles. The molecule has 1 aliphatic heterocycles. The van der Waals surface area contributed by atoms with Crippen molar-refractivity contribution in [1.82, 2.24) is 20.2 Å². The molecular formula is C24H21FN4O3. The molecule has 32 heavy (non-hydrogen) atoms. The standard InChI is InChI=1S/C24H21FN4O3/c1-26-21(32)12-29-10-18-23(20(31)11-29)22-14-4-2-3-5-16(14)28-24(22)17(27-18)9-13-6-7-19(30)15(25)8-13/h2-8,28,30H,9-12H2,1H3,(H,26,32). The molecule has 3 N–H and O–H groups in total. The van der Waals surface area contributed by atoms with E-state index < -0.39 is 11.6 Å². The van der Waals surface area contributed by atoms with Crippen LogP contribution in [0.5, 0.6) is 5.75 Å². The largest absolute Gasteiger partial charge is 0.505 e. The fraction of sp³-hybridized carbons (Fsp3) is 0.208. The van der Waals surface area contributed by atoms with Crippen molar-refractivity contribution in [1.29, 1.82) is 0 Å². The molecule has 1 aliphatic rings. The third-order valence-electron chi connectivity index (χ3n) is 5.85. The van der Waals surface area contributed by atoms with Gasteiger partial charge in [-0.25, -0.2) is 4.39 Å². The third kappa shape index (κ3) is 3.38. The number of nitrogens with zero attached hydrogens (tertiary/aromatic N) is 2. The zero-order valence-electron chi connectivity index (χ0n) is 17.4. The Balaban J connectivity index is 1.69. The number of benzene rings is 2. The zero-order valence-corrected chi connectivity index (χ0v) is 17.4. The van der Waals surface area contributed by atoms with E-state index >= 15 is 0 Å². The highest BCUT2D eigenvalue weighted by atomic mass is 19.1. The number of rotatable bonds is 4. The summed E-state index contributed by atoms with van der Waals surface area (Å²) >= 11 is 0. The number of H-pyrrole nitrogens is 1. The Morgan fingerprint density at radius 2 is 2.06 bits per heavy atom. The van der Waals surface area contributed by atoms with Crippen molar-refractivity contribution in [2.24, 2.45) is 0 Å². The lowest BCUT2D eigenvalue weighted by molar-refractivity contribution is -0.121. The number of ketones is 1. The van der Waals surface area contributed by atoms with Crippen LogP contribution in [0.15, 0.2) is 42.5 Å². The predicted octanol–water partition coefficient (Wildman–Crippen LogP) is 2.90. The molecule has 0 unspecified atom stereocenters. The van der Waals surface area contributed by atoms with E-state index in [1.54, 1.807) is 18.0 Å². The summed E-state index contributed by atoms with van der Waals surface area (Å²) in [5.41, 5.74) is 4.14. The fourth-order valence-corrected chi connectivity index (χ4v) is 4.38. The van der Waals surface area contributed by atoms with Gasteiger partial charge in [0.15, 0.2) is 17.3 Å². The van der Waals surface area contributed by atoms with Gasteiger partial charge in [0.05, 0.1) is 35.6 Å². The van der Waals surface area contributed by atoms with Gasteiger partial charge in [0.2, 0.25) is 5.91 Å². The maximum atomic E-state index is 13.9. The van der Waals surface area contributed by atoms with Crippen molar-refractivity contribution >= 4 is 33.5 Å². The second kappa shape index (κ2) is 7.72. The summed E-state index contributed by atoms with van der Waals surface area (Å²) < 4.78 is 13.9. The number of likely N-dealkylation sites (N-methyl/N-ethyl adjacent to an activating group) is 1. The predicted molar refractivity (Wildman–Crippen MR) is 118 cm³/mol. The molecule has 0 aliphatic carbocycles. The van der Waals surface area contributed by atoms with Gasteiger partial charge in [-0.15, -0.1) is 0 Å². The average molecular weight is 432 g/mol. The minimum atomic E-state index is -0.694. The number of hydrogen-bond acceptors (Lipinski definition) is 5. The van der Waals surface area contributed by atoms with Gasteiger partial charge in [0.1, 0.15) is 0 Å². The Morgan fingerprint density at radius 3 is 2.84 bits per heavy atom. The van der Waals surface area contributed by atoms with E-state index in [1.807, 2.05) is 24.3 Å².